The van der Waals surface area contributed by atoms with Gasteiger partial charge in [0.2, 0.25) is 6.54 Å². The van der Waals surface area contributed by atoms with Crippen molar-refractivity contribution in [1.82, 2.24) is 0 Å². The molecule has 0 fully saturated rings. The van der Waals surface area contributed by atoms with E-state index in [4.69, 9.17) is 9.47 Å². The Labute approximate surface area is 177 Å². The van der Waals surface area contributed by atoms with Crippen LogP contribution in [0.1, 0.15) is 29.5 Å². The van der Waals surface area contributed by atoms with E-state index in [-0.39, 0.29) is 18.8 Å². The summed E-state index contributed by atoms with van der Waals surface area (Å²) in [6, 6.07) is 13.1. The number of rotatable bonds is 10. The first-order valence-corrected chi connectivity index (χ1v) is 9.50. The molecule has 0 unspecified atom stereocenters. The maximum Gasteiger partial charge on any atom is 0.416 e. The van der Waals surface area contributed by atoms with Gasteiger partial charge in [0.25, 0.3) is 0 Å². The van der Waals surface area contributed by atoms with Crippen molar-refractivity contribution < 1.29 is 32.4 Å². The van der Waals surface area contributed by atoms with E-state index in [1.54, 1.807) is 31.2 Å². The molecule has 0 radical (unpaired) electrons. The summed E-state index contributed by atoms with van der Waals surface area (Å²) in [6.45, 7) is 1.27. The van der Waals surface area contributed by atoms with Crippen LogP contribution in [-0.2, 0) is 27.1 Å². The van der Waals surface area contributed by atoms with E-state index in [0.717, 1.165) is 23.8 Å². The van der Waals surface area contributed by atoms with Crippen LogP contribution in [0.2, 0.25) is 0 Å². The summed E-state index contributed by atoms with van der Waals surface area (Å²) in [5.74, 6) is -1.57. The molecule has 9 heteroatoms. The van der Waals surface area contributed by atoms with E-state index < -0.39 is 41.2 Å². The van der Waals surface area contributed by atoms with Crippen LogP contribution in [0, 0.1) is 10.1 Å². The van der Waals surface area contributed by atoms with E-state index in [9.17, 15) is 28.1 Å². The molecule has 2 aromatic rings. The molecule has 6 nitrogen and oxygen atoms in total. The van der Waals surface area contributed by atoms with Crippen molar-refractivity contribution in [3.8, 4) is 0 Å². The predicted molar refractivity (Wildman–Crippen MR) is 107 cm³/mol. The first-order chi connectivity index (χ1) is 14.7. The van der Waals surface area contributed by atoms with Crippen molar-refractivity contribution in [3.63, 3.8) is 0 Å². The Morgan fingerprint density at radius 3 is 2.32 bits per heavy atom. The lowest BCUT2D eigenvalue weighted by Crippen LogP contribution is -2.27. The minimum Gasteiger partial charge on any atom is -0.463 e. The van der Waals surface area contributed by atoms with Crippen LogP contribution in [0.3, 0.4) is 0 Å². The Morgan fingerprint density at radius 2 is 1.77 bits per heavy atom. The standard InChI is InChI=1S/C22H22F3NO5/c1-2-30-21(27)13-12-20(31-15-16-6-4-3-5-7-16)19(14-26(28)29)17-8-10-18(11-9-17)22(23,24)25/h3-13,19-20H,2,14-15H2,1H3/b13-12+/t19-,20+/m1/s1. The van der Waals surface area contributed by atoms with Gasteiger partial charge in [-0.3, -0.25) is 10.1 Å². The van der Waals surface area contributed by atoms with Crippen LogP contribution in [-0.4, -0.2) is 30.1 Å². The summed E-state index contributed by atoms with van der Waals surface area (Å²) < 4.78 is 49.3. The molecule has 2 rings (SSSR count). The fourth-order valence-corrected chi connectivity index (χ4v) is 2.92. The fraction of sp³-hybridized carbons (Fsp3) is 0.318. The van der Waals surface area contributed by atoms with Crippen LogP contribution in [0.4, 0.5) is 13.2 Å². The SMILES string of the molecule is CCOC(=O)/C=C/[C@H](OCc1ccccc1)[C@H](C[N+](=O)[O-])c1ccc(C(F)(F)F)cc1. The number of esters is 1. The van der Waals surface area contributed by atoms with Gasteiger partial charge < -0.3 is 9.47 Å². The van der Waals surface area contributed by atoms with E-state index in [1.165, 1.54) is 18.2 Å². The van der Waals surface area contributed by atoms with Crippen LogP contribution >= 0.6 is 0 Å². The molecule has 2 atom stereocenters. The number of hydrogen-bond donors (Lipinski definition) is 0. The third-order valence-electron chi connectivity index (χ3n) is 4.40. The molecular weight excluding hydrogens is 415 g/mol. The zero-order valence-electron chi connectivity index (χ0n) is 16.7. The lowest BCUT2D eigenvalue weighted by Gasteiger charge is -2.23. The second-order valence-corrected chi connectivity index (χ2v) is 6.61. The summed E-state index contributed by atoms with van der Waals surface area (Å²) >= 11 is 0. The van der Waals surface area contributed by atoms with Gasteiger partial charge in [0.1, 0.15) is 0 Å². The number of nitrogens with zero attached hydrogens (tertiary/aromatic N) is 1. The zero-order valence-corrected chi connectivity index (χ0v) is 16.7. The van der Waals surface area contributed by atoms with Gasteiger partial charge in [-0.2, -0.15) is 13.2 Å². The van der Waals surface area contributed by atoms with Crippen molar-refractivity contribution in [3.05, 3.63) is 93.6 Å². The quantitative estimate of drug-likeness (QED) is 0.232. The topological polar surface area (TPSA) is 78.7 Å². The van der Waals surface area contributed by atoms with Crippen molar-refractivity contribution in [1.29, 1.82) is 0 Å². The predicted octanol–water partition coefficient (Wildman–Crippen LogP) is 4.77. The summed E-state index contributed by atoms with van der Waals surface area (Å²) in [6.07, 6.45) is -3.03. The number of alkyl halides is 3. The number of nitro groups is 1. The molecule has 166 valence electrons. The molecule has 31 heavy (non-hydrogen) atoms. The van der Waals surface area contributed by atoms with Gasteiger partial charge >= 0.3 is 12.1 Å². The average molecular weight is 437 g/mol. The molecule has 0 aliphatic heterocycles. The van der Waals surface area contributed by atoms with Crippen LogP contribution in [0.15, 0.2) is 66.7 Å². The molecule has 0 heterocycles. The number of carbonyl (C=O) groups is 1. The molecule has 0 aromatic heterocycles. The van der Waals surface area contributed by atoms with E-state index in [1.807, 2.05) is 6.07 Å². The van der Waals surface area contributed by atoms with Gasteiger partial charge in [-0.05, 0) is 36.3 Å². The average Bonchev–Trinajstić information content (AvgIpc) is 2.73. The lowest BCUT2D eigenvalue weighted by molar-refractivity contribution is -0.485. The Morgan fingerprint density at radius 1 is 1.13 bits per heavy atom. The van der Waals surface area contributed by atoms with Crippen molar-refractivity contribution in [2.24, 2.45) is 0 Å². The Balaban J connectivity index is 2.34. The largest absolute Gasteiger partial charge is 0.463 e. The number of benzene rings is 2. The maximum absolute atomic E-state index is 12.9. The van der Waals surface area contributed by atoms with Gasteiger partial charge in [0.15, 0.2) is 0 Å². The van der Waals surface area contributed by atoms with Crippen LogP contribution in [0.5, 0.6) is 0 Å². The lowest BCUT2D eigenvalue weighted by atomic mass is 9.92. The first-order valence-electron chi connectivity index (χ1n) is 9.50. The van der Waals surface area contributed by atoms with Crippen molar-refractivity contribution in [2.75, 3.05) is 13.2 Å². The number of halogens is 3. The molecule has 0 saturated carbocycles. The number of ether oxygens (including phenoxy) is 2. The van der Waals surface area contributed by atoms with Gasteiger partial charge in [-0.25, -0.2) is 4.79 Å². The summed E-state index contributed by atoms with van der Waals surface area (Å²) in [5, 5.41) is 11.3. The molecular formula is C22H22F3NO5. The highest BCUT2D eigenvalue weighted by Gasteiger charge is 2.32. The number of carbonyl (C=O) groups excluding carboxylic acids is 1. The highest BCUT2D eigenvalue weighted by atomic mass is 19.4. The first kappa shape index (κ1) is 24.1. The summed E-state index contributed by atoms with van der Waals surface area (Å²) in [4.78, 5) is 22.4. The third kappa shape index (κ3) is 7.86. The molecule has 0 bridgehead atoms. The highest BCUT2D eigenvalue weighted by Crippen LogP contribution is 2.31. The molecule has 0 N–H and O–H groups in total. The fourth-order valence-electron chi connectivity index (χ4n) is 2.92. The minimum absolute atomic E-state index is 0.0908. The van der Waals surface area contributed by atoms with Crippen molar-refractivity contribution in [2.45, 2.75) is 31.7 Å². The third-order valence-corrected chi connectivity index (χ3v) is 4.40. The molecule has 0 saturated heterocycles. The van der Waals surface area contributed by atoms with E-state index in [0.29, 0.717) is 0 Å². The maximum atomic E-state index is 12.9. The van der Waals surface area contributed by atoms with Crippen LogP contribution in [0.25, 0.3) is 0 Å². The van der Waals surface area contributed by atoms with E-state index >= 15 is 0 Å². The monoisotopic (exact) mass is 437 g/mol. The normalized spacial score (nSPS) is 13.7. The second kappa shape index (κ2) is 11.3. The van der Waals surface area contributed by atoms with E-state index in [2.05, 4.69) is 0 Å². The minimum atomic E-state index is -4.52. The molecule has 0 aliphatic carbocycles. The second-order valence-electron chi connectivity index (χ2n) is 6.61. The summed E-state index contributed by atoms with van der Waals surface area (Å²) in [7, 11) is 0. The molecule has 2 aromatic carbocycles. The van der Waals surface area contributed by atoms with Crippen molar-refractivity contribution >= 4 is 5.97 Å². The molecule has 0 aliphatic rings. The van der Waals surface area contributed by atoms with Gasteiger partial charge in [0.05, 0.1) is 30.8 Å². The van der Waals surface area contributed by atoms with Crippen LogP contribution < -0.4 is 0 Å². The van der Waals surface area contributed by atoms with Gasteiger partial charge in [0, 0.05) is 11.0 Å². The summed E-state index contributed by atoms with van der Waals surface area (Å²) in [5.41, 5.74) is 0.223. The smallest absolute Gasteiger partial charge is 0.416 e. The van der Waals surface area contributed by atoms with Gasteiger partial charge in [-0.15, -0.1) is 0 Å². The highest BCUT2D eigenvalue weighted by molar-refractivity contribution is 5.82. The molecule has 0 spiro atoms. The van der Waals surface area contributed by atoms with Gasteiger partial charge in [-0.1, -0.05) is 42.5 Å². The Kier molecular flexibility index (Phi) is 8.75. The Bertz CT molecular complexity index is 882. The molecule has 0 amide bonds. The Hall–Kier alpha value is -3.20. The zero-order chi connectivity index (χ0) is 22.9. The number of hydrogen-bond acceptors (Lipinski definition) is 5.